The van der Waals surface area contributed by atoms with Crippen molar-refractivity contribution in [1.82, 2.24) is 14.7 Å². The molecule has 2 N–H and O–H groups in total. The normalized spacial score (nSPS) is 24.1. The largest absolute Gasteiger partial charge is 0.368 e. The highest BCUT2D eigenvalue weighted by Gasteiger charge is 2.56. The lowest BCUT2D eigenvalue weighted by Gasteiger charge is -2.40. The van der Waals surface area contributed by atoms with Crippen LogP contribution < -0.4 is 10.6 Å². The van der Waals surface area contributed by atoms with Gasteiger partial charge in [0.05, 0.1) is 5.69 Å². The fourth-order valence-corrected chi connectivity index (χ4v) is 4.02. The van der Waals surface area contributed by atoms with E-state index in [2.05, 4.69) is 0 Å². The number of urea groups is 1. The van der Waals surface area contributed by atoms with Gasteiger partial charge < -0.3 is 10.6 Å². The number of para-hydroxylation sites is 1. The van der Waals surface area contributed by atoms with E-state index in [0.717, 1.165) is 27.5 Å². The number of fused-ring (bicyclic) bond motifs is 3. The van der Waals surface area contributed by atoms with Crippen molar-refractivity contribution >= 4 is 29.5 Å². The number of amides is 4. The Balaban J connectivity index is 1.79. The lowest BCUT2D eigenvalue weighted by molar-refractivity contribution is -0.139. The van der Waals surface area contributed by atoms with Gasteiger partial charge in [-0.05, 0) is 32.4 Å². The van der Waals surface area contributed by atoms with Crippen LogP contribution in [-0.4, -0.2) is 64.3 Å². The van der Waals surface area contributed by atoms with Crippen molar-refractivity contribution < 1.29 is 14.4 Å². The first-order valence-corrected chi connectivity index (χ1v) is 9.00. The van der Waals surface area contributed by atoms with Crippen LogP contribution in [-0.2, 0) is 9.59 Å². The van der Waals surface area contributed by atoms with Gasteiger partial charge in [0.1, 0.15) is 6.54 Å². The fraction of sp³-hybridized carbons (Fsp3) is 0.368. The summed E-state index contributed by atoms with van der Waals surface area (Å²) < 4.78 is 0. The van der Waals surface area contributed by atoms with E-state index < -0.39 is 36.6 Å². The van der Waals surface area contributed by atoms with Crippen molar-refractivity contribution in [3.8, 4) is 0 Å². The van der Waals surface area contributed by atoms with Crippen LogP contribution in [0.4, 0.5) is 10.5 Å². The number of guanidine groups is 1. The Labute approximate surface area is 162 Å². The number of hydrogen-bond donors (Lipinski definition) is 1. The molecule has 0 radical (unpaired) electrons. The molecule has 9 nitrogen and oxygen atoms in total. The van der Waals surface area contributed by atoms with Crippen LogP contribution in [0, 0.1) is 6.92 Å². The van der Waals surface area contributed by atoms with E-state index in [0.29, 0.717) is 5.96 Å². The third-order valence-electron chi connectivity index (χ3n) is 5.56. The van der Waals surface area contributed by atoms with Crippen LogP contribution in [0.3, 0.4) is 0 Å². The van der Waals surface area contributed by atoms with E-state index in [9.17, 15) is 14.4 Å². The van der Waals surface area contributed by atoms with E-state index >= 15 is 0 Å². The quantitative estimate of drug-likeness (QED) is 0.833. The Morgan fingerprint density at radius 3 is 2.46 bits per heavy atom. The number of nitrogens with zero attached hydrogens (tertiary/aromatic N) is 5. The summed E-state index contributed by atoms with van der Waals surface area (Å²) >= 11 is 0. The summed E-state index contributed by atoms with van der Waals surface area (Å²) in [4.78, 5) is 48.0. The van der Waals surface area contributed by atoms with Crippen LogP contribution in [0.25, 0.3) is 0 Å². The minimum atomic E-state index is -0.737. The molecule has 1 aromatic rings. The van der Waals surface area contributed by atoms with Crippen molar-refractivity contribution in [3.05, 3.63) is 41.2 Å². The van der Waals surface area contributed by atoms with Gasteiger partial charge in [0.15, 0.2) is 12.2 Å². The summed E-state index contributed by atoms with van der Waals surface area (Å²) in [6.45, 7) is 5.46. The summed E-state index contributed by atoms with van der Waals surface area (Å²) in [5, 5.41) is 0. The smallest absolute Gasteiger partial charge is 0.328 e. The second-order valence-corrected chi connectivity index (χ2v) is 7.23. The van der Waals surface area contributed by atoms with E-state index in [1.807, 2.05) is 54.8 Å². The van der Waals surface area contributed by atoms with Crippen molar-refractivity contribution in [1.29, 1.82) is 0 Å². The number of primary amides is 1. The zero-order chi connectivity index (χ0) is 20.3. The number of hydrogen-bond acceptors (Lipinski definition) is 6. The second kappa shape index (κ2) is 6.08. The molecule has 3 aliphatic heterocycles. The number of rotatable bonds is 3. The third-order valence-corrected chi connectivity index (χ3v) is 5.56. The minimum absolute atomic E-state index is 0.447. The molecule has 28 heavy (non-hydrogen) atoms. The van der Waals surface area contributed by atoms with Crippen molar-refractivity contribution in [2.45, 2.75) is 33.0 Å². The van der Waals surface area contributed by atoms with Crippen LogP contribution in [0.2, 0.25) is 0 Å². The van der Waals surface area contributed by atoms with Gasteiger partial charge in [-0.15, -0.1) is 0 Å². The van der Waals surface area contributed by atoms with Crippen LogP contribution in [0.5, 0.6) is 0 Å². The Kier molecular flexibility index (Phi) is 3.91. The molecule has 3 aliphatic rings. The maximum Gasteiger partial charge on any atom is 0.328 e. The lowest BCUT2D eigenvalue weighted by Crippen LogP contribution is -2.65. The molecule has 0 bridgehead atoms. The fourth-order valence-electron chi connectivity index (χ4n) is 4.02. The van der Waals surface area contributed by atoms with Gasteiger partial charge in [-0.3, -0.25) is 24.3 Å². The Hall–Kier alpha value is -3.36. The van der Waals surface area contributed by atoms with Crippen LogP contribution in [0.15, 0.2) is 40.7 Å². The average molecular weight is 382 g/mol. The summed E-state index contributed by atoms with van der Waals surface area (Å²) in [5.41, 5.74) is 9.11. The Bertz CT molecular complexity index is 968. The molecule has 0 aromatic heterocycles. The molecule has 9 heteroatoms. The van der Waals surface area contributed by atoms with E-state index in [-0.39, 0.29) is 0 Å². The molecular weight excluding hydrogens is 360 g/mol. The number of benzene rings is 1. The summed E-state index contributed by atoms with van der Waals surface area (Å²) in [5.74, 6) is -0.600. The summed E-state index contributed by atoms with van der Waals surface area (Å²) in [6, 6.07) is 6.63. The SMILES string of the molecule is CC1=C(C)N2C(=NC3C2C(=O)N(CC(N)=O)C(=O)N3C)N1c1ccccc1C. The number of nitrogens with two attached hydrogens (primary N) is 1. The molecule has 0 saturated carbocycles. The first kappa shape index (κ1) is 18.0. The van der Waals surface area contributed by atoms with Gasteiger partial charge in [0.25, 0.3) is 5.91 Å². The number of carbonyl (C=O) groups excluding carboxylic acids is 3. The molecule has 0 aliphatic carbocycles. The van der Waals surface area contributed by atoms with E-state index in [1.54, 1.807) is 7.05 Å². The molecule has 3 heterocycles. The number of anilines is 1. The topological polar surface area (TPSA) is 103 Å². The molecule has 4 amide bonds. The molecule has 0 spiro atoms. The summed E-state index contributed by atoms with van der Waals surface area (Å²) in [7, 11) is 1.58. The molecule has 2 unspecified atom stereocenters. The third kappa shape index (κ3) is 2.32. The number of allylic oxidation sites excluding steroid dienone is 2. The highest BCUT2D eigenvalue weighted by atomic mass is 16.2. The van der Waals surface area contributed by atoms with Gasteiger partial charge >= 0.3 is 6.03 Å². The highest BCUT2D eigenvalue weighted by molar-refractivity contribution is 6.11. The van der Waals surface area contributed by atoms with Crippen molar-refractivity contribution in [2.75, 3.05) is 18.5 Å². The maximum absolute atomic E-state index is 13.1. The monoisotopic (exact) mass is 382 g/mol. The lowest BCUT2D eigenvalue weighted by atomic mass is 10.1. The van der Waals surface area contributed by atoms with Crippen molar-refractivity contribution in [3.63, 3.8) is 0 Å². The first-order chi connectivity index (χ1) is 13.2. The first-order valence-electron chi connectivity index (χ1n) is 9.00. The molecule has 146 valence electrons. The van der Waals surface area contributed by atoms with Crippen LogP contribution in [0.1, 0.15) is 19.4 Å². The van der Waals surface area contributed by atoms with Gasteiger partial charge in [-0.25, -0.2) is 9.79 Å². The number of likely N-dealkylation sites (N-methyl/N-ethyl adjacent to an activating group) is 1. The number of aryl methyl sites for hydroxylation is 1. The van der Waals surface area contributed by atoms with E-state index in [4.69, 9.17) is 10.7 Å². The minimum Gasteiger partial charge on any atom is -0.368 e. The molecule has 2 atom stereocenters. The molecular formula is C19H22N6O3. The van der Waals surface area contributed by atoms with Crippen molar-refractivity contribution in [2.24, 2.45) is 10.7 Å². The van der Waals surface area contributed by atoms with Gasteiger partial charge in [0.2, 0.25) is 11.9 Å². The highest BCUT2D eigenvalue weighted by Crippen LogP contribution is 2.40. The Morgan fingerprint density at radius 1 is 1.14 bits per heavy atom. The summed E-state index contributed by atoms with van der Waals surface area (Å²) in [6.07, 6.45) is -0.659. The zero-order valence-corrected chi connectivity index (χ0v) is 16.2. The molecule has 1 aromatic carbocycles. The molecule has 1 saturated heterocycles. The maximum atomic E-state index is 13.1. The average Bonchev–Trinajstić information content (AvgIpc) is 3.14. The number of aliphatic imine (C=N–C) groups is 1. The Morgan fingerprint density at radius 2 is 1.82 bits per heavy atom. The predicted octanol–water partition coefficient (Wildman–Crippen LogP) is 0.812. The van der Waals surface area contributed by atoms with Gasteiger partial charge in [-0.2, -0.15) is 0 Å². The standard InChI is InChI=1S/C19H22N6O3/c1-10-7-5-6-8-13(10)24-11(2)12(3)25-15-16(21-18(24)25)22(4)19(28)23(17(15)27)9-14(20)26/h5-8,15-16H,9H2,1-4H3,(H2,20,26). The number of carbonyl (C=O) groups is 3. The van der Waals surface area contributed by atoms with Crippen LogP contribution >= 0.6 is 0 Å². The van der Waals surface area contributed by atoms with Gasteiger partial charge in [0, 0.05) is 18.4 Å². The zero-order valence-electron chi connectivity index (χ0n) is 16.2. The second-order valence-electron chi connectivity index (χ2n) is 7.23. The molecule has 4 rings (SSSR count). The molecule has 1 fully saturated rings. The predicted molar refractivity (Wildman–Crippen MR) is 103 cm³/mol. The van der Waals surface area contributed by atoms with E-state index in [1.165, 1.54) is 4.90 Å². The van der Waals surface area contributed by atoms with Gasteiger partial charge in [-0.1, -0.05) is 18.2 Å². The number of imide groups is 1.